The van der Waals surface area contributed by atoms with Gasteiger partial charge in [-0.05, 0) is 97.2 Å². The molecule has 1 fully saturated rings. The molecule has 4 rings (SSSR count). The van der Waals surface area contributed by atoms with Crippen molar-refractivity contribution in [3.8, 4) is 5.75 Å². The summed E-state index contributed by atoms with van der Waals surface area (Å²) in [4.78, 5) is 28.3. The second-order valence-electron chi connectivity index (χ2n) is 9.15. The van der Waals surface area contributed by atoms with Crippen molar-refractivity contribution in [3.05, 3.63) is 81.7 Å². The number of nitrogens with zero attached hydrogens (tertiary/aromatic N) is 2. The molecule has 1 aromatic heterocycles. The molecule has 3 aromatic rings. The molecule has 37 heavy (non-hydrogen) atoms. The van der Waals surface area contributed by atoms with Gasteiger partial charge in [-0.25, -0.2) is 5.43 Å². The van der Waals surface area contributed by atoms with Gasteiger partial charge in [0, 0.05) is 18.7 Å². The van der Waals surface area contributed by atoms with Crippen molar-refractivity contribution < 1.29 is 19.4 Å². The third-order valence-corrected chi connectivity index (χ3v) is 7.50. The fourth-order valence-corrected chi connectivity index (χ4v) is 5.24. The summed E-state index contributed by atoms with van der Waals surface area (Å²) < 4.78 is 5.14. The summed E-state index contributed by atoms with van der Waals surface area (Å²) in [5, 5.41) is 18.6. The van der Waals surface area contributed by atoms with Crippen molar-refractivity contribution in [1.82, 2.24) is 10.3 Å². The highest BCUT2D eigenvalue weighted by atomic mass is 32.1. The van der Waals surface area contributed by atoms with Crippen molar-refractivity contribution in [2.45, 2.75) is 26.3 Å². The number of aliphatic hydroxyl groups excluding tert-OH is 1. The average Bonchev–Trinajstić information content (AvgIpc) is 3.29. The summed E-state index contributed by atoms with van der Waals surface area (Å²) in [6.45, 7) is 4.72. The van der Waals surface area contributed by atoms with E-state index in [4.69, 9.17) is 4.74 Å². The highest BCUT2D eigenvalue weighted by Gasteiger charge is 2.21. The van der Waals surface area contributed by atoms with E-state index in [1.54, 1.807) is 19.4 Å². The van der Waals surface area contributed by atoms with Crippen LogP contribution >= 0.6 is 11.3 Å². The molecule has 0 bridgehead atoms. The van der Waals surface area contributed by atoms with Crippen molar-refractivity contribution in [3.63, 3.8) is 0 Å². The summed E-state index contributed by atoms with van der Waals surface area (Å²) >= 11 is 1.31. The minimum atomic E-state index is -0.390. The summed E-state index contributed by atoms with van der Waals surface area (Å²) in [7, 11) is 1.60. The first kappa shape index (κ1) is 26.5. The number of hydrazone groups is 1. The van der Waals surface area contributed by atoms with E-state index in [9.17, 15) is 14.7 Å². The summed E-state index contributed by atoms with van der Waals surface area (Å²) in [6.07, 6.45) is 3.53. The molecule has 0 spiro atoms. The maximum absolute atomic E-state index is 13.1. The maximum Gasteiger partial charge on any atom is 0.274 e. The van der Waals surface area contributed by atoms with Gasteiger partial charge in [-0.15, -0.1) is 11.3 Å². The lowest BCUT2D eigenvalue weighted by Gasteiger charge is -2.31. The molecule has 0 atom stereocenters. The van der Waals surface area contributed by atoms with E-state index in [1.165, 1.54) is 11.3 Å². The number of hydrogen-bond donors (Lipinski definition) is 3. The number of carbonyl (C=O) groups excluding carboxylic acids is 2. The Labute approximate surface area is 221 Å². The van der Waals surface area contributed by atoms with Crippen LogP contribution in [-0.2, 0) is 6.54 Å². The molecule has 2 amide bonds. The molecule has 9 heteroatoms. The minimum Gasteiger partial charge on any atom is -0.497 e. The first-order chi connectivity index (χ1) is 18.0. The number of thiophene rings is 1. The lowest BCUT2D eigenvalue weighted by molar-refractivity contribution is 0.0956. The third-order valence-electron chi connectivity index (χ3n) is 6.49. The van der Waals surface area contributed by atoms with E-state index >= 15 is 0 Å². The highest BCUT2D eigenvalue weighted by molar-refractivity contribution is 7.15. The van der Waals surface area contributed by atoms with Crippen molar-refractivity contribution in [2.75, 3.05) is 32.1 Å². The van der Waals surface area contributed by atoms with E-state index in [-0.39, 0.29) is 18.4 Å². The molecule has 0 aliphatic carbocycles. The Morgan fingerprint density at radius 1 is 1.16 bits per heavy atom. The monoisotopic (exact) mass is 520 g/mol. The van der Waals surface area contributed by atoms with Crippen LogP contribution in [0.3, 0.4) is 0 Å². The second kappa shape index (κ2) is 12.6. The van der Waals surface area contributed by atoms with Crippen LogP contribution in [0.15, 0.2) is 59.0 Å². The first-order valence-corrected chi connectivity index (χ1v) is 13.1. The van der Waals surface area contributed by atoms with Crippen LogP contribution in [0.5, 0.6) is 5.75 Å². The normalized spacial score (nSPS) is 14.6. The number of aliphatic hydroxyl groups is 1. The zero-order chi connectivity index (χ0) is 26.2. The van der Waals surface area contributed by atoms with E-state index in [0.717, 1.165) is 54.9 Å². The summed E-state index contributed by atoms with van der Waals surface area (Å²) in [5.74, 6) is 0.475. The van der Waals surface area contributed by atoms with E-state index in [1.807, 2.05) is 54.8 Å². The van der Waals surface area contributed by atoms with E-state index in [2.05, 4.69) is 20.7 Å². The zero-order valence-corrected chi connectivity index (χ0v) is 21.9. The lowest BCUT2D eigenvalue weighted by atomic mass is 9.97. The van der Waals surface area contributed by atoms with Gasteiger partial charge in [0.1, 0.15) is 10.8 Å². The molecule has 8 nitrogen and oxygen atoms in total. The Hall–Kier alpha value is -3.53. The van der Waals surface area contributed by atoms with Gasteiger partial charge in [-0.2, -0.15) is 5.10 Å². The van der Waals surface area contributed by atoms with Crippen LogP contribution in [0.2, 0.25) is 0 Å². The number of hydrogen-bond acceptors (Lipinski definition) is 7. The number of rotatable bonds is 9. The van der Waals surface area contributed by atoms with E-state index < -0.39 is 0 Å². The van der Waals surface area contributed by atoms with Gasteiger partial charge < -0.3 is 15.2 Å². The Morgan fingerprint density at radius 3 is 2.62 bits per heavy atom. The van der Waals surface area contributed by atoms with Gasteiger partial charge >= 0.3 is 0 Å². The third kappa shape index (κ3) is 7.03. The number of piperidine rings is 1. The Kier molecular flexibility index (Phi) is 9.05. The lowest BCUT2D eigenvalue weighted by Crippen LogP contribution is -2.34. The molecule has 0 radical (unpaired) electrons. The average molecular weight is 521 g/mol. The molecule has 3 N–H and O–H groups in total. The summed E-state index contributed by atoms with van der Waals surface area (Å²) in [5.41, 5.74) is 6.12. The number of amides is 2. The minimum absolute atomic E-state index is 0.251. The number of nitrogens with one attached hydrogen (secondary N) is 2. The topological polar surface area (TPSA) is 103 Å². The number of ether oxygens (including phenoxy) is 1. The van der Waals surface area contributed by atoms with Gasteiger partial charge in [0.25, 0.3) is 11.8 Å². The quantitative estimate of drug-likeness (QED) is 0.289. The molecule has 1 saturated heterocycles. The molecule has 194 valence electrons. The Morgan fingerprint density at radius 2 is 1.92 bits per heavy atom. The van der Waals surface area contributed by atoms with Gasteiger partial charge in [-0.3, -0.25) is 14.5 Å². The van der Waals surface area contributed by atoms with Crippen molar-refractivity contribution in [2.24, 2.45) is 11.0 Å². The standard InChI is InChI=1S/C28H32N4O4S/c1-19-18-37-28(25(19)27(35)31-29-15-20-6-8-24(36-2)9-7-20)30-26(34)23-5-3-4-22(14-23)16-32-12-10-21(17-33)11-13-32/h3-9,14-15,18,21,33H,10-13,16-17H2,1-2H3,(H,30,34)(H,31,35)/b29-15+. The molecule has 1 aliphatic heterocycles. The van der Waals surface area contributed by atoms with Crippen LogP contribution in [0.25, 0.3) is 0 Å². The highest BCUT2D eigenvalue weighted by Crippen LogP contribution is 2.28. The zero-order valence-electron chi connectivity index (χ0n) is 21.1. The van der Waals surface area contributed by atoms with Gasteiger partial charge in [0.05, 0.1) is 18.9 Å². The molecule has 2 heterocycles. The van der Waals surface area contributed by atoms with Crippen LogP contribution in [0.4, 0.5) is 5.00 Å². The number of anilines is 1. The Bertz CT molecular complexity index is 1250. The maximum atomic E-state index is 13.1. The number of likely N-dealkylation sites (tertiary alicyclic amines) is 1. The van der Waals surface area contributed by atoms with Crippen molar-refractivity contribution >= 4 is 34.4 Å². The van der Waals surface area contributed by atoms with E-state index in [0.29, 0.717) is 22.0 Å². The smallest absolute Gasteiger partial charge is 0.274 e. The molecule has 0 unspecified atom stereocenters. The number of benzene rings is 2. The Balaban J connectivity index is 1.38. The molecular weight excluding hydrogens is 488 g/mol. The molecule has 2 aromatic carbocycles. The first-order valence-electron chi connectivity index (χ1n) is 12.3. The predicted octanol–water partition coefficient (Wildman–Crippen LogP) is 4.29. The second-order valence-corrected chi connectivity index (χ2v) is 10.0. The molecule has 1 aliphatic rings. The van der Waals surface area contributed by atoms with Crippen molar-refractivity contribution in [1.29, 1.82) is 0 Å². The SMILES string of the molecule is COc1ccc(/C=N/NC(=O)c2c(C)csc2NC(=O)c2cccc(CN3CCC(CO)CC3)c2)cc1. The molecule has 0 saturated carbocycles. The predicted molar refractivity (Wildman–Crippen MR) is 147 cm³/mol. The molecular formula is C28H32N4O4S. The largest absolute Gasteiger partial charge is 0.497 e. The fraction of sp³-hybridized carbons (Fsp3) is 0.321. The van der Waals surface area contributed by atoms with Crippen LogP contribution in [-0.4, -0.2) is 54.8 Å². The van der Waals surface area contributed by atoms with Crippen LogP contribution in [0.1, 0.15) is 50.2 Å². The van der Waals surface area contributed by atoms with Crippen LogP contribution in [0, 0.1) is 12.8 Å². The number of methoxy groups -OCH3 is 1. The summed E-state index contributed by atoms with van der Waals surface area (Å²) in [6, 6.07) is 14.9. The number of aryl methyl sites for hydroxylation is 1. The van der Waals surface area contributed by atoms with Gasteiger partial charge in [-0.1, -0.05) is 12.1 Å². The fourth-order valence-electron chi connectivity index (χ4n) is 4.30. The number of carbonyl (C=O) groups is 2. The van der Waals surface area contributed by atoms with Gasteiger partial charge in [0.15, 0.2) is 0 Å². The van der Waals surface area contributed by atoms with Crippen LogP contribution < -0.4 is 15.5 Å². The van der Waals surface area contributed by atoms with Gasteiger partial charge in [0.2, 0.25) is 0 Å².